The lowest BCUT2D eigenvalue weighted by atomic mass is 10.0. The standard InChI is InChI=1S/C28H38F3N7O2.CH4/c1-18(2)34-26(40)21-7-6-8-23(21)36-24-22(28(29,30)31)17-33-27(37-24)35-20-11-9-19(10-12-20)25(39)32-13-16-38-14-4-3-5-15-38;/h9-12,17-18,21,23H,3-8,13-16H2,1-2H3,(H,32,39)(H,34,40)(H2,33,35,36,37);1H4/t21-,23+;/m0./s1. The van der Waals surface area contributed by atoms with Gasteiger partial charge in [0.1, 0.15) is 11.4 Å². The van der Waals surface area contributed by atoms with Gasteiger partial charge in [0.15, 0.2) is 0 Å². The number of nitrogens with zero attached hydrogens (tertiary/aromatic N) is 3. The van der Waals surface area contributed by atoms with Crippen LogP contribution in [0.2, 0.25) is 0 Å². The number of likely N-dealkylation sites (tertiary alicyclic amines) is 1. The van der Waals surface area contributed by atoms with E-state index in [1.807, 2.05) is 13.8 Å². The summed E-state index contributed by atoms with van der Waals surface area (Å²) >= 11 is 0. The second kappa shape index (κ2) is 14.5. The minimum Gasteiger partial charge on any atom is -0.366 e. The van der Waals surface area contributed by atoms with Crippen LogP contribution in [0.15, 0.2) is 30.5 Å². The first-order valence-electron chi connectivity index (χ1n) is 14.0. The van der Waals surface area contributed by atoms with Gasteiger partial charge in [-0.1, -0.05) is 20.3 Å². The first-order chi connectivity index (χ1) is 19.1. The zero-order valence-electron chi connectivity index (χ0n) is 23.0. The summed E-state index contributed by atoms with van der Waals surface area (Å²) < 4.78 is 41.3. The fourth-order valence-electron chi connectivity index (χ4n) is 5.22. The number of carbonyl (C=O) groups excluding carboxylic acids is 2. The van der Waals surface area contributed by atoms with Crippen LogP contribution in [0.25, 0.3) is 0 Å². The highest BCUT2D eigenvalue weighted by Gasteiger charge is 2.39. The molecule has 1 aliphatic carbocycles. The summed E-state index contributed by atoms with van der Waals surface area (Å²) in [6.45, 7) is 7.19. The van der Waals surface area contributed by atoms with Crippen LogP contribution in [0.1, 0.15) is 75.7 Å². The van der Waals surface area contributed by atoms with E-state index in [0.29, 0.717) is 30.6 Å². The minimum atomic E-state index is -4.67. The van der Waals surface area contributed by atoms with Crippen LogP contribution < -0.4 is 21.3 Å². The summed E-state index contributed by atoms with van der Waals surface area (Å²) in [7, 11) is 0. The Morgan fingerprint density at radius 3 is 2.41 bits per heavy atom. The number of piperidine rings is 1. The van der Waals surface area contributed by atoms with Gasteiger partial charge in [-0.25, -0.2) is 4.98 Å². The molecule has 2 aliphatic rings. The molecule has 0 radical (unpaired) electrons. The number of benzene rings is 1. The molecule has 9 nitrogen and oxygen atoms in total. The summed E-state index contributed by atoms with van der Waals surface area (Å²) in [5, 5.41) is 11.6. The van der Waals surface area contributed by atoms with Crippen molar-refractivity contribution in [2.45, 2.75) is 78.1 Å². The van der Waals surface area contributed by atoms with Crippen molar-refractivity contribution < 1.29 is 22.8 Å². The fraction of sp³-hybridized carbons (Fsp3) is 0.586. The maximum atomic E-state index is 13.8. The third kappa shape index (κ3) is 9.04. The number of amides is 2. The zero-order chi connectivity index (χ0) is 28.7. The monoisotopic (exact) mass is 577 g/mol. The molecule has 0 unspecified atom stereocenters. The summed E-state index contributed by atoms with van der Waals surface area (Å²) in [6, 6.07) is 6.03. The number of carbonyl (C=O) groups is 2. The van der Waals surface area contributed by atoms with E-state index < -0.39 is 23.7 Å². The number of anilines is 3. The second-order valence-corrected chi connectivity index (χ2v) is 10.8. The number of hydrogen-bond acceptors (Lipinski definition) is 7. The molecule has 2 aromatic rings. The van der Waals surface area contributed by atoms with Crippen LogP contribution in [0.4, 0.5) is 30.6 Å². The minimum absolute atomic E-state index is 0. The van der Waals surface area contributed by atoms with Crippen molar-refractivity contribution in [3.8, 4) is 0 Å². The van der Waals surface area contributed by atoms with Crippen molar-refractivity contribution in [3.63, 3.8) is 0 Å². The summed E-state index contributed by atoms with van der Waals surface area (Å²) in [4.78, 5) is 35.5. The van der Waals surface area contributed by atoms with Crippen LogP contribution in [0.5, 0.6) is 0 Å². The molecule has 2 amide bonds. The smallest absolute Gasteiger partial charge is 0.366 e. The number of rotatable bonds is 10. The lowest BCUT2D eigenvalue weighted by Gasteiger charge is -2.26. The Bertz CT molecular complexity index is 1150. The Hall–Kier alpha value is -3.41. The summed E-state index contributed by atoms with van der Waals surface area (Å²) in [5.74, 6) is -1.22. The molecule has 1 saturated carbocycles. The number of hydrogen-bond donors (Lipinski definition) is 4. The van der Waals surface area contributed by atoms with Crippen molar-refractivity contribution >= 4 is 29.3 Å². The van der Waals surface area contributed by atoms with E-state index in [2.05, 4.69) is 36.1 Å². The molecule has 2 heterocycles. The predicted octanol–water partition coefficient (Wildman–Crippen LogP) is 5.20. The molecular formula is C29H42F3N7O2. The Morgan fingerprint density at radius 2 is 1.76 bits per heavy atom. The largest absolute Gasteiger partial charge is 0.421 e. The molecule has 2 fully saturated rings. The van der Waals surface area contributed by atoms with Gasteiger partial charge in [-0.3, -0.25) is 9.59 Å². The quantitative estimate of drug-likeness (QED) is 0.307. The molecule has 1 saturated heterocycles. The van der Waals surface area contributed by atoms with Gasteiger partial charge in [0.05, 0.1) is 5.92 Å². The molecule has 12 heteroatoms. The number of aromatic nitrogens is 2. The van der Waals surface area contributed by atoms with Gasteiger partial charge >= 0.3 is 6.18 Å². The van der Waals surface area contributed by atoms with Crippen molar-refractivity contribution in [3.05, 3.63) is 41.6 Å². The fourth-order valence-corrected chi connectivity index (χ4v) is 5.22. The SMILES string of the molecule is C.CC(C)NC(=O)[C@H]1CCC[C@H]1Nc1nc(Nc2ccc(C(=O)NCCN3CCCCC3)cc2)ncc1C(F)(F)F. The predicted molar refractivity (Wildman–Crippen MR) is 154 cm³/mol. The van der Waals surface area contributed by atoms with Crippen molar-refractivity contribution in [2.24, 2.45) is 5.92 Å². The van der Waals surface area contributed by atoms with Crippen LogP contribution >= 0.6 is 0 Å². The van der Waals surface area contributed by atoms with E-state index in [1.54, 1.807) is 24.3 Å². The Balaban J connectivity index is 0.00000462. The van der Waals surface area contributed by atoms with Crippen LogP contribution in [0, 0.1) is 5.92 Å². The van der Waals surface area contributed by atoms with Crippen molar-refractivity contribution in [2.75, 3.05) is 36.8 Å². The zero-order valence-corrected chi connectivity index (χ0v) is 23.0. The van der Waals surface area contributed by atoms with Gasteiger partial charge in [0, 0.05) is 42.6 Å². The maximum Gasteiger partial charge on any atom is 0.421 e. The Labute approximate surface area is 240 Å². The topological polar surface area (TPSA) is 111 Å². The highest BCUT2D eigenvalue weighted by molar-refractivity contribution is 5.94. The van der Waals surface area contributed by atoms with Gasteiger partial charge in [-0.15, -0.1) is 0 Å². The number of halogens is 3. The highest BCUT2D eigenvalue weighted by Crippen LogP contribution is 2.36. The molecule has 0 spiro atoms. The van der Waals surface area contributed by atoms with Crippen LogP contribution in [0.3, 0.4) is 0 Å². The molecule has 2 atom stereocenters. The first kappa shape index (κ1) is 32.1. The summed E-state index contributed by atoms with van der Waals surface area (Å²) in [6.07, 6.45) is 1.59. The number of nitrogens with one attached hydrogen (secondary N) is 4. The molecule has 1 aliphatic heterocycles. The van der Waals surface area contributed by atoms with Gasteiger partial charge in [0.25, 0.3) is 5.91 Å². The highest BCUT2D eigenvalue weighted by atomic mass is 19.4. The molecule has 0 bridgehead atoms. The van der Waals surface area contributed by atoms with E-state index in [9.17, 15) is 22.8 Å². The van der Waals surface area contributed by atoms with E-state index in [0.717, 1.165) is 32.3 Å². The van der Waals surface area contributed by atoms with E-state index in [4.69, 9.17) is 0 Å². The molecule has 226 valence electrons. The molecule has 1 aromatic heterocycles. The first-order valence-corrected chi connectivity index (χ1v) is 14.0. The molecular weight excluding hydrogens is 535 g/mol. The third-order valence-electron chi connectivity index (χ3n) is 7.27. The molecule has 1 aromatic carbocycles. The van der Waals surface area contributed by atoms with Crippen molar-refractivity contribution in [1.29, 1.82) is 0 Å². The van der Waals surface area contributed by atoms with Gasteiger partial charge < -0.3 is 26.2 Å². The lowest BCUT2D eigenvalue weighted by molar-refractivity contribution is -0.137. The van der Waals surface area contributed by atoms with E-state index in [1.165, 1.54) is 19.3 Å². The van der Waals surface area contributed by atoms with Crippen LogP contribution in [-0.4, -0.2) is 64.9 Å². The molecule has 41 heavy (non-hydrogen) atoms. The van der Waals surface area contributed by atoms with E-state index >= 15 is 0 Å². The van der Waals surface area contributed by atoms with Crippen LogP contribution in [-0.2, 0) is 11.0 Å². The van der Waals surface area contributed by atoms with Gasteiger partial charge in [-0.05, 0) is 76.9 Å². The Morgan fingerprint density at radius 1 is 1.05 bits per heavy atom. The lowest BCUT2D eigenvalue weighted by Crippen LogP contribution is -2.41. The average Bonchev–Trinajstić information content (AvgIpc) is 3.37. The Kier molecular flexibility index (Phi) is 11.3. The molecule has 4 N–H and O–H groups in total. The van der Waals surface area contributed by atoms with Gasteiger partial charge in [0.2, 0.25) is 11.9 Å². The van der Waals surface area contributed by atoms with Crippen molar-refractivity contribution in [1.82, 2.24) is 25.5 Å². The maximum absolute atomic E-state index is 13.8. The second-order valence-electron chi connectivity index (χ2n) is 10.8. The number of alkyl halides is 3. The molecule has 4 rings (SSSR count). The van der Waals surface area contributed by atoms with E-state index in [-0.39, 0.29) is 37.0 Å². The summed E-state index contributed by atoms with van der Waals surface area (Å²) in [5.41, 5.74) is 0.00186. The van der Waals surface area contributed by atoms with Gasteiger partial charge in [-0.2, -0.15) is 18.2 Å². The average molecular weight is 578 g/mol. The third-order valence-corrected chi connectivity index (χ3v) is 7.27. The normalized spacial score (nSPS) is 19.4.